The van der Waals surface area contributed by atoms with Crippen LogP contribution in [-0.2, 0) is 0 Å². The summed E-state index contributed by atoms with van der Waals surface area (Å²) in [6.07, 6.45) is 3.11. The summed E-state index contributed by atoms with van der Waals surface area (Å²) < 4.78 is 232. The van der Waals surface area contributed by atoms with E-state index >= 15 is 0 Å². The van der Waals surface area contributed by atoms with Crippen LogP contribution in [-0.4, -0.2) is 30.0 Å². The Labute approximate surface area is 612 Å². The van der Waals surface area contributed by atoms with Gasteiger partial charge in [-0.2, -0.15) is 0 Å². The number of aromatic nitrogens is 5. The molecular weight excluding hydrogens is 1220 g/mol. The van der Waals surface area contributed by atoms with Crippen molar-refractivity contribution < 1.29 is 30.2 Å². The van der Waals surface area contributed by atoms with Crippen LogP contribution < -0.4 is 16.4 Å². The van der Waals surface area contributed by atoms with Crippen molar-refractivity contribution >= 4 is 153 Å². The van der Waals surface area contributed by atoms with Crippen LogP contribution in [0.2, 0.25) is 0 Å². The van der Waals surface area contributed by atoms with Crippen LogP contribution >= 0.6 is 0 Å². The van der Waals surface area contributed by atoms with Crippen LogP contribution in [0.3, 0.4) is 0 Å². The van der Waals surface area contributed by atoms with Crippen LogP contribution in [0.5, 0.6) is 0 Å². The summed E-state index contributed by atoms with van der Waals surface area (Å²) in [5.74, 6) is 0. The van der Waals surface area contributed by atoms with E-state index in [9.17, 15) is 30.2 Å². The molecule has 7 heterocycles. The Morgan fingerprint density at radius 1 is 0.257 bits per heavy atom. The number of fused-ring (bicyclic) bond motifs is 24. The standard InChI is InChI=1S/C95H58BN5/c1-3-26-59(27-4-1)63-43-23-45-77-69-35-9-7-31-65(69)67-33-11-13-41-75(67)89-85(98-81-47-19-15-37-71(81)72-38-16-20-48-82(72)98)53-51-79-94(89)100(92(63)77)87-56-62(61-30-25-55-97-58-61)57-88-91(87)96(79)80-52-54-86(99-83-49-21-17-39-73(83)74-40-18-22-50-84(74)99)90-76-42-14-12-34-68(76)66-32-8-10-36-70(66)78-46-24-44-64(60-28-5-2-6-29-60)93(78)101(88)95(80)90/h1-58H/i15D,16D,17D,18D,19D,20D,21D,22D,37D,38D,39D,40D,47D,48D,49D,50D,51D,52D,53D,54D,56D,57D. The molecular formula is C95H58BN5. The van der Waals surface area contributed by atoms with Gasteiger partial charge in [0.25, 0.3) is 6.71 Å². The molecule has 0 radical (unpaired) electrons. The van der Waals surface area contributed by atoms with E-state index in [2.05, 4.69) is 0 Å². The molecule has 0 saturated heterocycles. The molecule has 5 aromatic heterocycles. The molecule has 0 aliphatic carbocycles. The zero-order valence-electron chi connectivity index (χ0n) is 75.1. The van der Waals surface area contributed by atoms with Gasteiger partial charge in [0.1, 0.15) is 0 Å². The SMILES string of the molecule is [2H]c1c(-c2cccnc2)c([2H])c2c3c1-n1c4c(-c5ccccc5)cccc4c4ccccc4c4ccccc4c4c(-n5c6c([2H])c([2H])c([2H])c([2H])c6c6c([2H])c([2H])c([2H])c([2H])c65)c([2H])c([2H])c(c41)B3c1c([2H])c([2H])c(-n3c4c([2H])c([2H])c([2H])c([2H])c4c4c([2H])c([2H])c([2H])c([2H])c43)c3c4ccccc4c4ccccc4c4cccc(-c5ccccc5)c4n-2c13. The maximum absolute atomic E-state index is 11.9. The minimum atomic E-state index is -1.76. The molecule has 0 amide bonds. The Balaban J connectivity index is 1.14. The van der Waals surface area contributed by atoms with Crippen LogP contribution in [0.25, 0.3) is 186 Å². The van der Waals surface area contributed by atoms with Crippen molar-refractivity contribution in [3.05, 3.63) is 352 Å². The molecule has 0 fully saturated rings. The molecule has 0 unspecified atom stereocenters. The second-order valence-corrected chi connectivity index (χ2v) is 25.4. The van der Waals surface area contributed by atoms with Crippen molar-refractivity contribution in [1.82, 2.24) is 23.3 Å². The first-order valence-corrected chi connectivity index (χ1v) is 33.2. The lowest BCUT2D eigenvalue weighted by molar-refractivity contribution is 1.13. The highest BCUT2D eigenvalue weighted by Gasteiger charge is 2.42. The van der Waals surface area contributed by atoms with Crippen LogP contribution in [0.4, 0.5) is 0 Å². The van der Waals surface area contributed by atoms with Gasteiger partial charge >= 0.3 is 0 Å². The van der Waals surface area contributed by atoms with Crippen molar-refractivity contribution in [3.8, 4) is 56.1 Å². The summed E-state index contributed by atoms with van der Waals surface area (Å²) in [5, 5.41) is 3.86. The van der Waals surface area contributed by atoms with Gasteiger partial charge in [0.15, 0.2) is 0 Å². The molecule has 0 saturated carbocycles. The average molecular weight is 1300 g/mol. The highest BCUT2D eigenvalue weighted by molar-refractivity contribution is 7.00. The van der Waals surface area contributed by atoms with E-state index in [-0.39, 0.29) is 128 Å². The Kier molecular flexibility index (Phi) is 8.26. The molecule has 0 bridgehead atoms. The van der Waals surface area contributed by atoms with Crippen molar-refractivity contribution in [2.75, 3.05) is 0 Å². The van der Waals surface area contributed by atoms with E-state index in [0.717, 1.165) is 0 Å². The number of para-hydroxylation sites is 6. The fourth-order valence-electron chi connectivity index (χ4n) is 16.4. The summed E-state index contributed by atoms with van der Waals surface area (Å²) in [6.45, 7) is -1.76. The average Bonchev–Trinajstić information content (AvgIpc) is 1.62. The lowest BCUT2D eigenvalue weighted by Crippen LogP contribution is -2.60. The highest BCUT2D eigenvalue weighted by Crippen LogP contribution is 2.48. The van der Waals surface area contributed by atoms with E-state index in [0.29, 0.717) is 87.1 Å². The van der Waals surface area contributed by atoms with Gasteiger partial charge in [-0.15, -0.1) is 0 Å². The molecule has 20 aromatic rings. The zero-order chi connectivity index (χ0) is 85.1. The second kappa shape index (κ2) is 21.6. The van der Waals surface area contributed by atoms with Gasteiger partial charge in [0, 0.05) is 83.5 Å². The number of rotatable bonds is 5. The first-order chi connectivity index (χ1) is 59.4. The minimum absolute atomic E-state index is 0.00669. The van der Waals surface area contributed by atoms with E-state index in [4.69, 9.17) is 4.98 Å². The molecule has 22 rings (SSSR count). The molecule has 466 valence electrons. The number of nitrogens with zero attached hydrogens (tertiary/aromatic N) is 5. The van der Waals surface area contributed by atoms with Gasteiger partial charge < -0.3 is 18.3 Å². The third-order valence-electron chi connectivity index (χ3n) is 20.4. The summed E-state index contributed by atoms with van der Waals surface area (Å²) in [7, 11) is 0. The third-order valence-corrected chi connectivity index (χ3v) is 20.4. The molecule has 2 aliphatic heterocycles. The minimum Gasteiger partial charge on any atom is -0.309 e. The van der Waals surface area contributed by atoms with E-state index in [1.807, 2.05) is 179 Å². The largest absolute Gasteiger partial charge is 0.309 e. The highest BCUT2D eigenvalue weighted by atomic mass is 15.1. The van der Waals surface area contributed by atoms with Gasteiger partial charge in [-0.05, 0) is 131 Å². The quantitative estimate of drug-likeness (QED) is 0.158. The number of hydrogen-bond acceptors (Lipinski definition) is 1. The first kappa shape index (κ1) is 38.6. The van der Waals surface area contributed by atoms with E-state index in [1.54, 1.807) is 48.8 Å². The summed E-state index contributed by atoms with van der Waals surface area (Å²) >= 11 is 0. The van der Waals surface area contributed by atoms with Crippen molar-refractivity contribution in [3.63, 3.8) is 0 Å². The van der Waals surface area contributed by atoms with E-state index < -0.39 is 128 Å². The van der Waals surface area contributed by atoms with Gasteiger partial charge in [-0.1, -0.05) is 285 Å². The fraction of sp³-hybridized carbons (Fsp3) is 0. The van der Waals surface area contributed by atoms with Crippen LogP contribution in [0.1, 0.15) is 30.2 Å². The molecule has 2 aliphatic rings. The predicted octanol–water partition coefficient (Wildman–Crippen LogP) is 22.5. The molecule has 101 heavy (non-hydrogen) atoms. The van der Waals surface area contributed by atoms with Gasteiger partial charge in [0.2, 0.25) is 0 Å². The Morgan fingerprint density at radius 2 is 0.604 bits per heavy atom. The topological polar surface area (TPSA) is 32.6 Å². The lowest BCUT2D eigenvalue weighted by atomic mass is 9.34. The molecule has 5 nitrogen and oxygen atoms in total. The maximum atomic E-state index is 11.9. The maximum Gasteiger partial charge on any atom is 0.252 e. The zero-order valence-corrected chi connectivity index (χ0v) is 53.1. The third kappa shape index (κ3) is 7.90. The second-order valence-electron chi connectivity index (χ2n) is 25.4. The smallest absolute Gasteiger partial charge is 0.252 e. The monoisotopic (exact) mass is 1300 g/mol. The molecule has 0 spiro atoms. The lowest BCUT2D eigenvalue weighted by Gasteiger charge is -2.37. The first-order valence-electron chi connectivity index (χ1n) is 44.2. The number of benzene rings is 15. The Bertz CT molecular complexity index is 7920. The van der Waals surface area contributed by atoms with Gasteiger partial charge in [-0.3, -0.25) is 4.98 Å². The van der Waals surface area contributed by atoms with Crippen molar-refractivity contribution in [2.24, 2.45) is 0 Å². The van der Waals surface area contributed by atoms with Gasteiger partial charge in [0.05, 0.1) is 85.7 Å². The summed E-state index contributed by atoms with van der Waals surface area (Å²) in [4.78, 5) is 4.72. The fourth-order valence-corrected chi connectivity index (χ4v) is 16.4. The number of hydrogen-bond donors (Lipinski definition) is 0. The van der Waals surface area contributed by atoms with Gasteiger partial charge in [-0.25, -0.2) is 0 Å². The predicted molar refractivity (Wildman–Crippen MR) is 428 cm³/mol. The molecule has 15 aromatic carbocycles. The normalized spacial score (nSPS) is 15.4. The number of pyridine rings is 1. The molecule has 6 heteroatoms. The Hall–Kier alpha value is -13.3. The van der Waals surface area contributed by atoms with E-state index in [1.165, 1.54) is 9.13 Å². The summed E-state index contributed by atoms with van der Waals surface area (Å²) in [6, 6.07) is 49.3. The molecule has 0 atom stereocenters. The van der Waals surface area contributed by atoms with Crippen molar-refractivity contribution in [1.29, 1.82) is 0 Å². The summed E-state index contributed by atoms with van der Waals surface area (Å²) in [5.41, 5.74) is 1.17. The Morgan fingerprint density at radius 3 is 1.00 bits per heavy atom. The van der Waals surface area contributed by atoms with Crippen molar-refractivity contribution in [2.45, 2.75) is 0 Å². The van der Waals surface area contributed by atoms with Crippen LogP contribution in [0, 0.1) is 0 Å². The molecule has 0 N–H and O–H groups in total. The van der Waals surface area contributed by atoms with Crippen LogP contribution in [0.15, 0.2) is 352 Å².